The largest absolute Gasteiger partial charge is 0.334 e. The second-order valence-electron chi connectivity index (χ2n) is 5.81. The van der Waals surface area contributed by atoms with Crippen molar-refractivity contribution in [2.45, 2.75) is 31.8 Å². The zero-order chi connectivity index (χ0) is 19.6. The predicted octanol–water partition coefficient (Wildman–Crippen LogP) is 2.08. The summed E-state index contributed by atoms with van der Waals surface area (Å²) in [5, 5.41) is 0. The maximum absolute atomic E-state index is 12.9. The lowest BCUT2D eigenvalue weighted by Crippen LogP contribution is -2.28. The topological polar surface area (TPSA) is 84.3 Å². The van der Waals surface area contributed by atoms with Gasteiger partial charge in [-0.1, -0.05) is 0 Å². The molecule has 0 unspecified atom stereocenters. The van der Waals surface area contributed by atoms with Gasteiger partial charge in [-0.05, 0) is 44.2 Å². The summed E-state index contributed by atoms with van der Waals surface area (Å²) < 4.78 is 53.0. The van der Waals surface area contributed by atoms with Crippen LogP contribution in [0.3, 0.4) is 0 Å². The molecular formula is C16H20F2N4O3S. The molecule has 0 radical (unpaired) electrons. The maximum atomic E-state index is 12.9. The van der Waals surface area contributed by atoms with Crippen molar-refractivity contribution >= 4 is 15.9 Å². The molecule has 1 aromatic carbocycles. The summed E-state index contributed by atoms with van der Waals surface area (Å²) in [6, 6.07) is 2.86. The number of aryl methyl sites for hydroxylation is 1. The fraction of sp³-hybridized carbons (Fsp3) is 0.375. The number of nitrogens with zero attached hydrogens (tertiary/aromatic N) is 3. The van der Waals surface area contributed by atoms with Crippen molar-refractivity contribution in [2.75, 3.05) is 14.1 Å². The van der Waals surface area contributed by atoms with E-state index in [2.05, 4.69) is 9.71 Å². The molecule has 142 valence electrons. The van der Waals surface area contributed by atoms with Crippen LogP contribution >= 0.6 is 0 Å². The van der Waals surface area contributed by atoms with Crippen LogP contribution < -0.4 is 4.72 Å². The average molecular weight is 386 g/mol. The predicted molar refractivity (Wildman–Crippen MR) is 91.4 cm³/mol. The monoisotopic (exact) mass is 386 g/mol. The Morgan fingerprint density at radius 3 is 2.58 bits per heavy atom. The third-order valence-corrected chi connectivity index (χ3v) is 5.65. The normalized spacial score (nSPS) is 11.8. The van der Waals surface area contributed by atoms with Gasteiger partial charge in [0.2, 0.25) is 10.0 Å². The highest BCUT2D eigenvalue weighted by molar-refractivity contribution is 7.89. The third-order valence-electron chi connectivity index (χ3n) is 4.11. The van der Waals surface area contributed by atoms with Crippen molar-refractivity contribution in [1.82, 2.24) is 19.2 Å². The molecule has 26 heavy (non-hydrogen) atoms. The van der Waals surface area contributed by atoms with Gasteiger partial charge in [-0.2, -0.15) is 8.78 Å². The molecule has 0 fully saturated rings. The number of halogens is 2. The Hall–Kier alpha value is -2.33. The van der Waals surface area contributed by atoms with E-state index < -0.39 is 22.5 Å². The van der Waals surface area contributed by atoms with Gasteiger partial charge in [0.05, 0.1) is 11.4 Å². The molecule has 10 heteroatoms. The third kappa shape index (κ3) is 3.91. The zero-order valence-electron chi connectivity index (χ0n) is 14.8. The number of rotatable bonds is 6. The lowest BCUT2D eigenvalue weighted by atomic mass is 10.1. The first-order chi connectivity index (χ1) is 12.1. The Balaban J connectivity index is 2.36. The van der Waals surface area contributed by atoms with Crippen LogP contribution in [-0.4, -0.2) is 42.9 Å². The number of imidazole rings is 1. The van der Waals surface area contributed by atoms with Gasteiger partial charge in [0.1, 0.15) is 5.82 Å². The van der Waals surface area contributed by atoms with E-state index in [4.69, 9.17) is 0 Å². The van der Waals surface area contributed by atoms with Gasteiger partial charge in [-0.25, -0.2) is 18.1 Å². The molecule has 0 saturated heterocycles. The highest BCUT2D eigenvalue weighted by Crippen LogP contribution is 2.22. The Morgan fingerprint density at radius 2 is 2.00 bits per heavy atom. The maximum Gasteiger partial charge on any atom is 0.319 e. The average Bonchev–Trinajstić information content (AvgIpc) is 3.04. The minimum atomic E-state index is -3.74. The number of carbonyl (C=O) groups is 1. The van der Waals surface area contributed by atoms with E-state index in [1.807, 2.05) is 0 Å². The number of amides is 1. The van der Waals surface area contributed by atoms with Gasteiger partial charge in [-0.15, -0.1) is 0 Å². The van der Waals surface area contributed by atoms with Crippen molar-refractivity contribution in [2.24, 2.45) is 0 Å². The van der Waals surface area contributed by atoms with Crippen LogP contribution in [-0.2, 0) is 16.6 Å². The molecule has 0 bridgehead atoms. The summed E-state index contributed by atoms with van der Waals surface area (Å²) in [5.74, 6) is -0.466. The van der Waals surface area contributed by atoms with E-state index in [-0.39, 0.29) is 22.8 Å². The van der Waals surface area contributed by atoms with Gasteiger partial charge in [0.25, 0.3) is 5.91 Å². The van der Waals surface area contributed by atoms with Crippen LogP contribution in [0.15, 0.2) is 29.4 Å². The molecule has 2 rings (SSSR count). The number of hydrogen-bond donors (Lipinski definition) is 1. The Labute approximate surface area is 150 Å². The smallest absolute Gasteiger partial charge is 0.319 e. The van der Waals surface area contributed by atoms with Crippen molar-refractivity contribution in [3.8, 4) is 0 Å². The molecule has 1 aromatic heterocycles. The van der Waals surface area contributed by atoms with Crippen LogP contribution in [0, 0.1) is 13.8 Å². The van der Waals surface area contributed by atoms with Crippen molar-refractivity contribution < 1.29 is 22.0 Å². The number of nitrogens with one attached hydrogen (secondary N) is 1. The Kier molecular flexibility index (Phi) is 5.77. The molecule has 0 saturated carbocycles. The van der Waals surface area contributed by atoms with Crippen LogP contribution in [0.25, 0.3) is 0 Å². The van der Waals surface area contributed by atoms with Crippen molar-refractivity contribution in [1.29, 1.82) is 0 Å². The quantitative estimate of drug-likeness (QED) is 0.824. The Morgan fingerprint density at radius 1 is 1.35 bits per heavy atom. The molecule has 7 nitrogen and oxygen atoms in total. The molecule has 0 aliphatic rings. The number of alkyl halides is 2. The lowest BCUT2D eigenvalue weighted by molar-refractivity contribution is 0.0612. The molecule has 1 amide bonds. The fourth-order valence-corrected chi connectivity index (χ4v) is 3.55. The first kappa shape index (κ1) is 20.0. The summed E-state index contributed by atoms with van der Waals surface area (Å²) >= 11 is 0. The van der Waals surface area contributed by atoms with E-state index in [1.165, 1.54) is 31.3 Å². The molecule has 1 heterocycles. The van der Waals surface area contributed by atoms with Gasteiger partial charge >= 0.3 is 6.55 Å². The second-order valence-corrected chi connectivity index (χ2v) is 7.67. The van der Waals surface area contributed by atoms with Gasteiger partial charge < -0.3 is 4.90 Å². The molecule has 0 atom stereocenters. The summed E-state index contributed by atoms with van der Waals surface area (Å²) in [6.45, 7) is 0.448. The van der Waals surface area contributed by atoms with Crippen LogP contribution in [0.5, 0.6) is 0 Å². The number of aromatic nitrogens is 2. The molecule has 0 aliphatic carbocycles. The highest BCUT2D eigenvalue weighted by atomic mass is 32.2. The van der Waals surface area contributed by atoms with Crippen LogP contribution in [0.1, 0.15) is 33.9 Å². The first-order valence-corrected chi connectivity index (χ1v) is 9.17. The number of benzene rings is 1. The molecule has 0 aliphatic heterocycles. The summed E-state index contributed by atoms with van der Waals surface area (Å²) in [5.41, 5.74) is 1.32. The van der Waals surface area contributed by atoms with Crippen LogP contribution in [0.4, 0.5) is 8.78 Å². The van der Waals surface area contributed by atoms with Crippen LogP contribution in [0.2, 0.25) is 0 Å². The summed E-state index contributed by atoms with van der Waals surface area (Å²) in [6.07, 6.45) is 2.36. The minimum Gasteiger partial charge on any atom is -0.334 e. The molecule has 2 aromatic rings. The van der Waals surface area contributed by atoms with Gasteiger partial charge in [0.15, 0.2) is 0 Å². The van der Waals surface area contributed by atoms with Gasteiger partial charge in [-0.3, -0.25) is 9.36 Å². The van der Waals surface area contributed by atoms with E-state index in [9.17, 15) is 22.0 Å². The number of sulfonamides is 1. The standard InChI is InChI=1S/C16H20F2N4O3S/c1-10-7-12(8-13(11(10)2)26(24,25)19-3)15(23)21(4)9-14-20-5-6-22(14)16(17)18/h5-8,16,19H,9H2,1-4H3. The second kappa shape index (κ2) is 7.50. The first-order valence-electron chi connectivity index (χ1n) is 7.68. The number of hydrogen-bond acceptors (Lipinski definition) is 4. The van der Waals surface area contributed by atoms with Crippen molar-refractivity contribution in [3.05, 3.63) is 47.0 Å². The molecule has 1 N–H and O–H groups in total. The summed E-state index contributed by atoms with van der Waals surface area (Å²) in [7, 11) is -1.01. The van der Waals surface area contributed by atoms with E-state index >= 15 is 0 Å². The zero-order valence-corrected chi connectivity index (χ0v) is 15.6. The fourth-order valence-electron chi connectivity index (χ4n) is 2.49. The van der Waals surface area contributed by atoms with E-state index in [0.717, 1.165) is 6.20 Å². The molecular weight excluding hydrogens is 366 g/mol. The summed E-state index contributed by atoms with van der Waals surface area (Å²) in [4.78, 5) is 17.7. The van der Waals surface area contributed by atoms with E-state index in [0.29, 0.717) is 15.7 Å². The van der Waals surface area contributed by atoms with Gasteiger partial charge in [0, 0.05) is 25.0 Å². The highest BCUT2D eigenvalue weighted by Gasteiger charge is 2.22. The molecule has 0 spiro atoms. The van der Waals surface area contributed by atoms with E-state index in [1.54, 1.807) is 19.9 Å². The van der Waals surface area contributed by atoms with Crippen molar-refractivity contribution in [3.63, 3.8) is 0 Å². The lowest BCUT2D eigenvalue weighted by Gasteiger charge is -2.19. The Bertz CT molecular complexity index is 926. The number of carbonyl (C=O) groups excluding carboxylic acids is 1. The SMILES string of the molecule is CNS(=O)(=O)c1cc(C(=O)N(C)Cc2nccn2C(F)F)cc(C)c1C. The minimum absolute atomic E-state index is 0.00540.